The van der Waals surface area contributed by atoms with Crippen molar-refractivity contribution in [1.82, 2.24) is 10.3 Å². The fourth-order valence-corrected chi connectivity index (χ4v) is 5.73. The molecular weight excluding hydrogens is 486 g/mol. The van der Waals surface area contributed by atoms with Gasteiger partial charge in [-0.05, 0) is 52.6 Å². The topological polar surface area (TPSA) is 83.9 Å². The van der Waals surface area contributed by atoms with Crippen molar-refractivity contribution in [2.75, 3.05) is 31.1 Å². The SMILES string of the molecule is CC(C)(C)c1ccc(O[C@@H](Cc2ccc(OCCNC3C4CN(c5nccs5)C[C@@H]43)cc2)C(=O)O)cc1. The van der Waals surface area contributed by atoms with Gasteiger partial charge in [0.05, 0.1) is 0 Å². The number of rotatable bonds is 11. The Balaban J connectivity index is 1.04. The maximum absolute atomic E-state index is 11.8. The number of hydrogen-bond acceptors (Lipinski definition) is 7. The molecule has 0 bridgehead atoms. The van der Waals surface area contributed by atoms with Gasteiger partial charge in [-0.1, -0.05) is 45.0 Å². The van der Waals surface area contributed by atoms with Gasteiger partial charge < -0.3 is 24.8 Å². The molecule has 1 aliphatic heterocycles. The molecule has 1 saturated heterocycles. The first-order valence-corrected chi connectivity index (χ1v) is 13.8. The number of nitrogens with one attached hydrogen (secondary N) is 1. The summed E-state index contributed by atoms with van der Waals surface area (Å²) >= 11 is 1.71. The Morgan fingerprint density at radius 1 is 1.11 bits per heavy atom. The molecule has 3 aromatic rings. The van der Waals surface area contributed by atoms with Crippen LogP contribution in [0.1, 0.15) is 31.9 Å². The van der Waals surface area contributed by atoms with E-state index in [1.165, 1.54) is 5.56 Å². The van der Waals surface area contributed by atoms with Crippen molar-refractivity contribution in [2.24, 2.45) is 11.8 Å². The first kappa shape index (κ1) is 25.5. The summed E-state index contributed by atoms with van der Waals surface area (Å²) in [4.78, 5) is 18.6. The maximum Gasteiger partial charge on any atom is 0.345 e. The van der Waals surface area contributed by atoms with Crippen molar-refractivity contribution < 1.29 is 19.4 Å². The number of hydrogen-bond donors (Lipinski definition) is 2. The van der Waals surface area contributed by atoms with E-state index in [2.05, 4.69) is 36.0 Å². The van der Waals surface area contributed by atoms with Crippen LogP contribution >= 0.6 is 11.3 Å². The maximum atomic E-state index is 11.8. The van der Waals surface area contributed by atoms with Gasteiger partial charge in [0.2, 0.25) is 0 Å². The number of carboxylic acids is 1. The van der Waals surface area contributed by atoms with Gasteiger partial charge in [0.25, 0.3) is 0 Å². The number of carbonyl (C=O) groups is 1. The molecule has 8 heteroatoms. The average molecular weight is 522 g/mol. The van der Waals surface area contributed by atoms with Gasteiger partial charge in [0.1, 0.15) is 18.1 Å². The fraction of sp³-hybridized carbons (Fsp3) is 0.448. The zero-order valence-corrected chi connectivity index (χ0v) is 22.4. The highest BCUT2D eigenvalue weighted by Gasteiger charge is 2.55. The number of anilines is 1. The Bertz CT molecular complexity index is 1160. The molecule has 5 rings (SSSR count). The van der Waals surface area contributed by atoms with E-state index in [1.807, 2.05) is 60.1 Å². The number of ether oxygens (including phenoxy) is 2. The van der Waals surface area contributed by atoms with Crippen LogP contribution in [0.15, 0.2) is 60.1 Å². The van der Waals surface area contributed by atoms with Gasteiger partial charge in [0.15, 0.2) is 11.2 Å². The molecule has 0 spiro atoms. The van der Waals surface area contributed by atoms with Crippen LogP contribution < -0.4 is 19.7 Å². The predicted octanol–water partition coefficient (Wildman–Crippen LogP) is 4.62. The molecule has 1 saturated carbocycles. The molecule has 2 unspecified atom stereocenters. The summed E-state index contributed by atoms with van der Waals surface area (Å²) in [6, 6.07) is 15.8. The minimum absolute atomic E-state index is 0.0333. The fourth-order valence-electron chi connectivity index (χ4n) is 5.06. The highest BCUT2D eigenvalue weighted by Crippen LogP contribution is 2.46. The molecule has 37 heavy (non-hydrogen) atoms. The van der Waals surface area contributed by atoms with E-state index in [1.54, 1.807) is 11.3 Å². The van der Waals surface area contributed by atoms with Crippen LogP contribution in [0.2, 0.25) is 0 Å². The second-order valence-corrected chi connectivity index (χ2v) is 11.8. The lowest BCUT2D eigenvalue weighted by atomic mass is 9.87. The summed E-state index contributed by atoms with van der Waals surface area (Å²) in [7, 11) is 0. The smallest absolute Gasteiger partial charge is 0.345 e. The van der Waals surface area contributed by atoms with E-state index in [9.17, 15) is 9.90 Å². The van der Waals surface area contributed by atoms with Crippen molar-refractivity contribution in [3.63, 3.8) is 0 Å². The van der Waals surface area contributed by atoms with E-state index in [-0.39, 0.29) is 11.8 Å². The highest BCUT2D eigenvalue weighted by atomic mass is 32.1. The first-order valence-electron chi connectivity index (χ1n) is 12.9. The third kappa shape index (κ3) is 6.25. The summed E-state index contributed by atoms with van der Waals surface area (Å²) < 4.78 is 11.7. The molecule has 2 aliphatic rings. The molecule has 4 atom stereocenters. The second-order valence-electron chi connectivity index (χ2n) is 10.9. The third-order valence-corrected chi connectivity index (χ3v) is 8.09. The van der Waals surface area contributed by atoms with Gasteiger partial charge in [-0.3, -0.25) is 0 Å². The molecule has 2 fully saturated rings. The zero-order chi connectivity index (χ0) is 26.0. The average Bonchev–Trinajstić information content (AvgIpc) is 3.26. The van der Waals surface area contributed by atoms with Crippen molar-refractivity contribution >= 4 is 22.4 Å². The van der Waals surface area contributed by atoms with Gasteiger partial charge in [-0.15, -0.1) is 11.3 Å². The molecule has 0 radical (unpaired) electrons. The van der Waals surface area contributed by atoms with Gasteiger partial charge in [-0.25, -0.2) is 9.78 Å². The molecule has 0 amide bonds. The minimum Gasteiger partial charge on any atom is -0.492 e. The van der Waals surface area contributed by atoms with Crippen molar-refractivity contribution in [3.8, 4) is 11.5 Å². The van der Waals surface area contributed by atoms with Crippen LogP contribution in [0.5, 0.6) is 11.5 Å². The predicted molar refractivity (Wildman–Crippen MR) is 146 cm³/mol. The van der Waals surface area contributed by atoms with Crippen LogP contribution in [0, 0.1) is 11.8 Å². The molecule has 2 N–H and O–H groups in total. The minimum atomic E-state index is -0.981. The van der Waals surface area contributed by atoms with Crippen LogP contribution in [0.4, 0.5) is 5.13 Å². The summed E-state index contributed by atoms with van der Waals surface area (Å²) in [6.07, 6.45) is 1.19. The van der Waals surface area contributed by atoms with E-state index in [0.717, 1.165) is 36.1 Å². The Morgan fingerprint density at radius 3 is 2.38 bits per heavy atom. The van der Waals surface area contributed by atoms with Gasteiger partial charge >= 0.3 is 5.97 Å². The standard InChI is InChI=1S/C29H35N3O4S/c1-29(2,3)20-6-10-22(11-7-20)36-25(27(33)34)16-19-4-8-21(9-5-19)35-14-12-30-26-23-17-32(18-24(23)26)28-31-13-15-37-28/h4-11,13,15,23-26,30H,12,14,16-18H2,1-3H3,(H,33,34)/t23-,24?,25-,26?/m0/s1. The van der Waals surface area contributed by atoms with Gasteiger partial charge in [-0.2, -0.15) is 0 Å². The van der Waals surface area contributed by atoms with Crippen LogP contribution in [-0.2, 0) is 16.6 Å². The summed E-state index contributed by atoms with van der Waals surface area (Å²) in [5.74, 6) is 1.78. The second kappa shape index (κ2) is 10.7. The quantitative estimate of drug-likeness (QED) is 0.356. The van der Waals surface area contributed by atoms with Gasteiger partial charge in [0, 0.05) is 43.7 Å². The number of nitrogens with zero attached hydrogens (tertiary/aromatic N) is 2. The molecule has 2 aromatic carbocycles. The van der Waals surface area contributed by atoms with Crippen molar-refractivity contribution in [2.45, 2.75) is 44.8 Å². The normalized spacial score (nSPS) is 21.4. The molecule has 196 valence electrons. The van der Waals surface area contributed by atoms with E-state index in [0.29, 0.717) is 30.2 Å². The van der Waals surface area contributed by atoms with Crippen LogP contribution in [-0.4, -0.2) is 54.4 Å². The Hall–Kier alpha value is -3.10. The number of aromatic nitrogens is 1. The largest absolute Gasteiger partial charge is 0.492 e. The lowest BCUT2D eigenvalue weighted by molar-refractivity contribution is -0.145. The highest BCUT2D eigenvalue weighted by molar-refractivity contribution is 7.13. The van der Waals surface area contributed by atoms with Crippen molar-refractivity contribution in [1.29, 1.82) is 0 Å². The lowest BCUT2D eigenvalue weighted by Crippen LogP contribution is -2.33. The van der Waals surface area contributed by atoms with E-state index in [4.69, 9.17) is 9.47 Å². The number of piperidine rings is 1. The summed E-state index contributed by atoms with van der Waals surface area (Å²) in [6.45, 7) is 9.99. The number of benzene rings is 2. The van der Waals surface area contributed by atoms with E-state index < -0.39 is 12.1 Å². The number of aliphatic carboxylic acids is 1. The number of carboxylic acid groups (broad SMARTS) is 1. The lowest BCUT2D eigenvalue weighted by Gasteiger charge is -2.20. The van der Waals surface area contributed by atoms with Crippen LogP contribution in [0.25, 0.3) is 0 Å². The molecular formula is C29H35N3O4S. The van der Waals surface area contributed by atoms with Crippen molar-refractivity contribution in [3.05, 3.63) is 71.2 Å². The first-order chi connectivity index (χ1) is 17.8. The Labute approximate surface area is 222 Å². The zero-order valence-electron chi connectivity index (χ0n) is 21.6. The molecule has 2 heterocycles. The Morgan fingerprint density at radius 2 is 1.78 bits per heavy atom. The molecule has 1 aromatic heterocycles. The third-order valence-electron chi connectivity index (χ3n) is 7.25. The summed E-state index contributed by atoms with van der Waals surface area (Å²) in [5.41, 5.74) is 2.10. The molecule has 7 nitrogen and oxygen atoms in total. The monoisotopic (exact) mass is 521 g/mol. The number of thiazole rings is 1. The number of fused-ring (bicyclic) bond motifs is 1. The van der Waals surface area contributed by atoms with Crippen LogP contribution in [0.3, 0.4) is 0 Å². The molecule has 1 aliphatic carbocycles. The van der Waals surface area contributed by atoms with E-state index >= 15 is 0 Å². The Kier molecular flexibility index (Phi) is 7.40. The summed E-state index contributed by atoms with van der Waals surface area (Å²) in [5, 5.41) is 16.5.